The van der Waals surface area contributed by atoms with E-state index in [-0.39, 0.29) is 11.1 Å². The molecule has 0 spiro atoms. The number of carbonyl (C=O) groups is 1. The van der Waals surface area contributed by atoms with Gasteiger partial charge in [0.25, 0.3) is 0 Å². The number of amides is 1. The minimum absolute atomic E-state index is 0.0136. The van der Waals surface area contributed by atoms with Crippen molar-refractivity contribution in [2.45, 2.75) is 23.5 Å². The normalized spacial score (nSPS) is 12.8. The van der Waals surface area contributed by atoms with Crippen LogP contribution in [0.1, 0.15) is 12.7 Å². The van der Waals surface area contributed by atoms with Gasteiger partial charge >= 0.3 is 6.18 Å². The summed E-state index contributed by atoms with van der Waals surface area (Å²) < 4.78 is 43.9. The van der Waals surface area contributed by atoms with Crippen molar-refractivity contribution in [1.29, 1.82) is 0 Å². The van der Waals surface area contributed by atoms with E-state index < -0.39 is 17.3 Å². The minimum atomic E-state index is -4.59. The fourth-order valence-electron chi connectivity index (χ4n) is 1.79. The van der Waals surface area contributed by atoms with Crippen LogP contribution < -0.4 is 10.1 Å². The molecule has 1 aromatic carbocycles. The van der Waals surface area contributed by atoms with Crippen molar-refractivity contribution in [2.75, 3.05) is 12.4 Å². The van der Waals surface area contributed by atoms with Gasteiger partial charge in [-0.1, -0.05) is 11.8 Å². The lowest BCUT2D eigenvalue weighted by molar-refractivity contribution is -0.147. The topological polar surface area (TPSA) is 69.0 Å². The molecule has 0 radical (unpaired) electrons. The summed E-state index contributed by atoms with van der Waals surface area (Å²) >= 11 is 0.895. The van der Waals surface area contributed by atoms with Gasteiger partial charge < -0.3 is 14.6 Å². The number of methoxy groups -OCH3 is 1. The van der Waals surface area contributed by atoms with Gasteiger partial charge in [-0.15, -0.1) is 10.2 Å². The maximum Gasteiger partial charge on any atom is 0.451 e. The first-order valence-corrected chi connectivity index (χ1v) is 7.68. The third-order valence-electron chi connectivity index (χ3n) is 3.10. The Hall–Kier alpha value is -2.23. The number of nitrogens with zero attached hydrogens (tertiary/aromatic N) is 3. The number of anilines is 1. The van der Waals surface area contributed by atoms with Crippen molar-refractivity contribution in [3.05, 3.63) is 30.1 Å². The van der Waals surface area contributed by atoms with Crippen LogP contribution in [0.3, 0.4) is 0 Å². The van der Waals surface area contributed by atoms with E-state index in [1.807, 2.05) is 0 Å². The van der Waals surface area contributed by atoms with E-state index >= 15 is 0 Å². The number of aromatic nitrogens is 3. The summed E-state index contributed by atoms with van der Waals surface area (Å²) in [4.78, 5) is 12.1. The second-order valence-electron chi connectivity index (χ2n) is 4.84. The van der Waals surface area contributed by atoms with Gasteiger partial charge in [-0.25, -0.2) is 0 Å². The maximum atomic E-state index is 12.7. The molecule has 6 nitrogen and oxygen atoms in total. The molecule has 130 valence electrons. The number of halogens is 3. The Balaban J connectivity index is 2.02. The van der Waals surface area contributed by atoms with Crippen LogP contribution in [0, 0.1) is 0 Å². The number of nitrogens with one attached hydrogen (secondary N) is 1. The molecule has 0 saturated carbocycles. The Labute approximate surface area is 140 Å². The quantitative estimate of drug-likeness (QED) is 0.831. The van der Waals surface area contributed by atoms with E-state index in [1.165, 1.54) is 14.2 Å². The molecule has 24 heavy (non-hydrogen) atoms. The summed E-state index contributed by atoms with van der Waals surface area (Å²) in [6.07, 6.45) is -4.59. The fourth-order valence-corrected chi connectivity index (χ4v) is 2.61. The van der Waals surface area contributed by atoms with Crippen LogP contribution in [0.5, 0.6) is 5.75 Å². The smallest absolute Gasteiger partial charge is 0.451 e. The Kier molecular flexibility index (Phi) is 5.37. The molecule has 2 aromatic rings. The van der Waals surface area contributed by atoms with Crippen LogP contribution in [0.25, 0.3) is 0 Å². The number of alkyl halides is 3. The molecule has 1 heterocycles. The number of benzene rings is 1. The van der Waals surface area contributed by atoms with Gasteiger partial charge in [-0.3, -0.25) is 4.79 Å². The summed E-state index contributed by atoms with van der Waals surface area (Å²) in [5.74, 6) is -0.816. The molecule has 0 bridgehead atoms. The van der Waals surface area contributed by atoms with Crippen molar-refractivity contribution in [3.8, 4) is 5.75 Å². The highest BCUT2D eigenvalue weighted by Crippen LogP contribution is 2.31. The third-order valence-corrected chi connectivity index (χ3v) is 4.23. The van der Waals surface area contributed by atoms with E-state index in [4.69, 9.17) is 4.74 Å². The zero-order chi connectivity index (χ0) is 17.9. The number of carbonyl (C=O) groups excluding carboxylic acids is 1. The molecule has 0 aliphatic rings. The third kappa shape index (κ3) is 4.19. The van der Waals surface area contributed by atoms with E-state index in [0.29, 0.717) is 11.4 Å². The van der Waals surface area contributed by atoms with E-state index in [2.05, 4.69) is 15.5 Å². The average Bonchev–Trinajstić information content (AvgIpc) is 2.89. The molecule has 0 saturated heterocycles. The number of hydrogen-bond donors (Lipinski definition) is 1. The molecular formula is C14H15F3N4O2S. The first-order valence-electron chi connectivity index (χ1n) is 6.80. The van der Waals surface area contributed by atoms with Gasteiger partial charge in [-0.05, 0) is 31.2 Å². The van der Waals surface area contributed by atoms with Crippen molar-refractivity contribution in [3.63, 3.8) is 0 Å². The van der Waals surface area contributed by atoms with E-state index in [9.17, 15) is 18.0 Å². The Bertz CT molecular complexity index is 716. The summed E-state index contributed by atoms with van der Waals surface area (Å²) in [6.45, 7) is 1.57. The monoisotopic (exact) mass is 360 g/mol. The Morgan fingerprint density at radius 2 is 1.92 bits per heavy atom. The highest BCUT2D eigenvalue weighted by atomic mass is 32.2. The summed E-state index contributed by atoms with van der Waals surface area (Å²) in [7, 11) is 2.74. The van der Waals surface area contributed by atoms with Gasteiger partial charge in [0, 0.05) is 12.7 Å². The zero-order valence-electron chi connectivity index (χ0n) is 13.1. The molecule has 1 amide bonds. The van der Waals surface area contributed by atoms with Gasteiger partial charge in [0.05, 0.1) is 12.4 Å². The van der Waals surface area contributed by atoms with Gasteiger partial charge in [-0.2, -0.15) is 13.2 Å². The average molecular weight is 360 g/mol. The second-order valence-corrected chi connectivity index (χ2v) is 6.15. The highest BCUT2D eigenvalue weighted by molar-refractivity contribution is 8.00. The predicted octanol–water partition coefficient (Wildman–Crippen LogP) is 2.96. The summed E-state index contributed by atoms with van der Waals surface area (Å²) in [6, 6.07) is 6.70. The van der Waals surface area contributed by atoms with Gasteiger partial charge in [0.15, 0.2) is 5.16 Å². The molecule has 2 rings (SSSR count). The van der Waals surface area contributed by atoms with Crippen LogP contribution in [0.15, 0.2) is 29.4 Å². The fraction of sp³-hybridized carbons (Fsp3) is 0.357. The standard InChI is InChI=1S/C14H15F3N4O2S/c1-8(11(22)18-9-4-6-10(23-3)7-5-9)24-13-20-19-12(21(13)2)14(15,16)17/h4-8H,1-3H3,(H,18,22)/t8-/m0/s1. The minimum Gasteiger partial charge on any atom is -0.497 e. The summed E-state index contributed by atoms with van der Waals surface area (Å²) in [5, 5.41) is 8.65. The van der Waals surface area contributed by atoms with Crippen molar-refractivity contribution >= 4 is 23.4 Å². The van der Waals surface area contributed by atoms with Crippen LogP contribution >= 0.6 is 11.8 Å². The van der Waals surface area contributed by atoms with Gasteiger partial charge in [0.1, 0.15) is 5.75 Å². The molecule has 10 heteroatoms. The molecule has 1 N–H and O–H groups in total. The highest BCUT2D eigenvalue weighted by Gasteiger charge is 2.37. The molecule has 0 fully saturated rings. The molecule has 0 aliphatic heterocycles. The first-order chi connectivity index (χ1) is 11.2. The van der Waals surface area contributed by atoms with Crippen LogP contribution in [-0.2, 0) is 18.0 Å². The van der Waals surface area contributed by atoms with Crippen LogP contribution in [0.2, 0.25) is 0 Å². The van der Waals surface area contributed by atoms with Crippen molar-refractivity contribution < 1.29 is 22.7 Å². The maximum absolute atomic E-state index is 12.7. The lowest BCUT2D eigenvalue weighted by atomic mass is 10.3. The summed E-state index contributed by atoms with van der Waals surface area (Å²) in [5.41, 5.74) is 0.558. The number of hydrogen-bond acceptors (Lipinski definition) is 5. The molecular weight excluding hydrogens is 345 g/mol. The van der Waals surface area contributed by atoms with E-state index in [0.717, 1.165) is 16.3 Å². The van der Waals surface area contributed by atoms with E-state index in [1.54, 1.807) is 31.2 Å². The molecule has 1 aromatic heterocycles. The molecule has 0 unspecified atom stereocenters. The first kappa shape index (κ1) is 18.1. The molecule has 1 atom stereocenters. The van der Waals surface area contributed by atoms with Crippen molar-refractivity contribution in [2.24, 2.45) is 7.05 Å². The number of rotatable bonds is 5. The number of thioether (sulfide) groups is 1. The lowest BCUT2D eigenvalue weighted by Gasteiger charge is -2.12. The zero-order valence-corrected chi connectivity index (χ0v) is 13.9. The lowest BCUT2D eigenvalue weighted by Crippen LogP contribution is -2.23. The van der Waals surface area contributed by atoms with Crippen molar-refractivity contribution in [1.82, 2.24) is 14.8 Å². The van der Waals surface area contributed by atoms with Gasteiger partial charge in [0.2, 0.25) is 11.7 Å². The van der Waals surface area contributed by atoms with Crippen LogP contribution in [0.4, 0.5) is 18.9 Å². The SMILES string of the molecule is COc1ccc(NC(=O)[C@H](C)Sc2nnc(C(F)(F)F)n2C)cc1. The van der Waals surface area contributed by atoms with Crippen LogP contribution in [-0.4, -0.2) is 33.0 Å². The molecule has 0 aliphatic carbocycles. The predicted molar refractivity (Wildman–Crippen MR) is 82.9 cm³/mol. The number of ether oxygens (including phenoxy) is 1. The second kappa shape index (κ2) is 7.12. The Morgan fingerprint density at radius 1 is 1.29 bits per heavy atom. The Morgan fingerprint density at radius 3 is 2.42 bits per heavy atom. The largest absolute Gasteiger partial charge is 0.497 e.